The van der Waals surface area contributed by atoms with Crippen LogP contribution in [0, 0.1) is 0 Å². The van der Waals surface area contributed by atoms with Gasteiger partial charge in [0.1, 0.15) is 5.75 Å². The average Bonchev–Trinajstić information content (AvgIpc) is 2.84. The summed E-state index contributed by atoms with van der Waals surface area (Å²) in [6, 6.07) is 14.4. The minimum Gasteiger partial charge on any atom is -0.496 e. The molecule has 1 heterocycles. The van der Waals surface area contributed by atoms with E-state index in [4.69, 9.17) is 37.4 Å². The van der Waals surface area contributed by atoms with Crippen molar-refractivity contribution >= 4 is 35.2 Å². The lowest BCUT2D eigenvalue weighted by atomic mass is 10.1. The Morgan fingerprint density at radius 3 is 2.27 bits per heavy atom. The first-order valence-corrected chi connectivity index (χ1v) is 10.8. The highest BCUT2D eigenvalue weighted by molar-refractivity contribution is 6.42. The SMILES string of the molecule is COc1cc(OC)c(OC)cc1/C=C/C(=O)N(Cc1ccc(Cl)c(Cl)c1)Cc1ccccn1. The Morgan fingerprint density at radius 2 is 1.64 bits per heavy atom. The van der Waals surface area contributed by atoms with Gasteiger partial charge < -0.3 is 19.1 Å². The zero-order chi connectivity index (χ0) is 23.8. The predicted molar refractivity (Wildman–Crippen MR) is 130 cm³/mol. The molecule has 172 valence electrons. The van der Waals surface area contributed by atoms with E-state index in [0.29, 0.717) is 45.9 Å². The van der Waals surface area contributed by atoms with Gasteiger partial charge in [0.25, 0.3) is 0 Å². The number of hydrogen-bond acceptors (Lipinski definition) is 5. The van der Waals surface area contributed by atoms with Crippen LogP contribution >= 0.6 is 23.2 Å². The molecule has 0 saturated heterocycles. The first-order valence-electron chi connectivity index (χ1n) is 10.1. The standard InChI is InChI=1S/C25H24Cl2N2O4/c1-31-22-14-24(33-3)23(32-2)13-18(22)8-10-25(30)29(16-19-6-4-5-11-28-19)15-17-7-9-20(26)21(27)12-17/h4-14H,15-16H2,1-3H3/b10-8+. The molecule has 0 atom stereocenters. The number of ether oxygens (including phenoxy) is 3. The maximum absolute atomic E-state index is 13.2. The molecule has 0 unspecified atom stereocenters. The van der Waals surface area contributed by atoms with Gasteiger partial charge in [-0.1, -0.05) is 35.3 Å². The molecule has 0 radical (unpaired) electrons. The molecule has 3 aromatic rings. The Bertz CT molecular complexity index is 1140. The first kappa shape index (κ1) is 24.4. The van der Waals surface area contributed by atoms with E-state index >= 15 is 0 Å². The van der Waals surface area contributed by atoms with Crippen molar-refractivity contribution in [1.82, 2.24) is 9.88 Å². The fraction of sp³-hybridized carbons (Fsp3) is 0.200. The number of methoxy groups -OCH3 is 3. The van der Waals surface area contributed by atoms with Gasteiger partial charge >= 0.3 is 0 Å². The highest BCUT2D eigenvalue weighted by atomic mass is 35.5. The van der Waals surface area contributed by atoms with E-state index in [1.807, 2.05) is 24.3 Å². The number of rotatable bonds is 9. The van der Waals surface area contributed by atoms with Gasteiger partial charge in [0.05, 0.1) is 43.6 Å². The second-order valence-electron chi connectivity index (χ2n) is 7.05. The summed E-state index contributed by atoms with van der Waals surface area (Å²) in [6.07, 6.45) is 4.87. The van der Waals surface area contributed by atoms with Crippen LogP contribution in [0.5, 0.6) is 17.2 Å². The summed E-state index contributed by atoms with van der Waals surface area (Å²) in [4.78, 5) is 19.2. The van der Waals surface area contributed by atoms with E-state index in [1.165, 1.54) is 6.08 Å². The molecule has 0 fully saturated rings. The van der Waals surface area contributed by atoms with Crippen LogP contribution in [0.25, 0.3) is 6.08 Å². The van der Waals surface area contributed by atoms with Gasteiger partial charge in [-0.3, -0.25) is 9.78 Å². The summed E-state index contributed by atoms with van der Waals surface area (Å²) in [5.74, 6) is 1.42. The number of carbonyl (C=O) groups is 1. The van der Waals surface area contributed by atoms with E-state index in [9.17, 15) is 4.79 Å². The summed E-state index contributed by atoms with van der Waals surface area (Å²) in [5.41, 5.74) is 2.30. The van der Waals surface area contributed by atoms with Gasteiger partial charge in [-0.2, -0.15) is 0 Å². The second kappa shape index (κ2) is 11.6. The van der Waals surface area contributed by atoms with Crippen molar-refractivity contribution < 1.29 is 19.0 Å². The molecule has 0 bridgehead atoms. The van der Waals surface area contributed by atoms with Crippen LogP contribution in [0.3, 0.4) is 0 Å². The summed E-state index contributed by atoms with van der Waals surface area (Å²) in [5, 5.41) is 0.897. The van der Waals surface area contributed by atoms with Crippen molar-refractivity contribution in [2.75, 3.05) is 21.3 Å². The lowest BCUT2D eigenvalue weighted by Crippen LogP contribution is -2.28. The number of nitrogens with zero attached hydrogens (tertiary/aromatic N) is 2. The molecule has 8 heteroatoms. The molecule has 0 spiro atoms. The highest BCUT2D eigenvalue weighted by Gasteiger charge is 2.15. The molecule has 1 aromatic heterocycles. The highest BCUT2D eigenvalue weighted by Crippen LogP contribution is 2.35. The van der Waals surface area contributed by atoms with E-state index in [0.717, 1.165) is 11.3 Å². The van der Waals surface area contributed by atoms with Crippen LogP contribution in [-0.4, -0.2) is 37.1 Å². The van der Waals surface area contributed by atoms with Gasteiger partial charge in [0.2, 0.25) is 5.91 Å². The van der Waals surface area contributed by atoms with Gasteiger partial charge in [0, 0.05) is 30.4 Å². The summed E-state index contributed by atoms with van der Waals surface area (Å²) >= 11 is 12.2. The van der Waals surface area contributed by atoms with E-state index < -0.39 is 0 Å². The number of benzene rings is 2. The average molecular weight is 487 g/mol. The fourth-order valence-corrected chi connectivity index (χ4v) is 3.53. The van der Waals surface area contributed by atoms with Gasteiger partial charge in [-0.15, -0.1) is 0 Å². The molecular formula is C25H24Cl2N2O4. The molecule has 33 heavy (non-hydrogen) atoms. The lowest BCUT2D eigenvalue weighted by molar-refractivity contribution is -0.127. The van der Waals surface area contributed by atoms with Gasteiger partial charge in [0.15, 0.2) is 11.5 Å². The van der Waals surface area contributed by atoms with Crippen LogP contribution in [-0.2, 0) is 17.9 Å². The number of amides is 1. The molecule has 0 aliphatic heterocycles. The smallest absolute Gasteiger partial charge is 0.247 e. The lowest BCUT2D eigenvalue weighted by Gasteiger charge is -2.21. The van der Waals surface area contributed by atoms with E-state index in [2.05, 4.69) is 4.98 Å². The first-order chi connectivity index (χ1) is 15.9. The number of hydrogen-bond donors (Lipinski definition) is 0. The van der Waals surface area contributed by atoms with Gasteiger partial charge in [-0.05, 0) is 42.0 Å². The van der Waals surface area contributed by atoms with Crippen LogP contribution in [0.4, 0.5) is 0 Å². The Balaban J connectivity index is 1.89. The molecule has 0 aliphatic rings. The van der Waals surface area contributed by atoms with Crippen LogP contribution in [0.15, 0.2) is 60.8 Å². The van der Waals surface area contributed by atoms with Crippen molar-refractivity contribution in [2.24, 2.45) is 0 Å². The Morgan fingerprint density at radius 1 is 0.909 bits per heavy atom. The van der Waals surface area contributed by atoms with Crippen LogP contribution in [0.1, 0.15) is 16.8 Å². The quantitative estimate of drug-likeness (QED) is 0.365. The molecule has 0 saturated carbocycles. The Hall–Kier alpha value is -3.22. The summed E-state index contributed by atoms with van der Waals surface area (Å²) in [6.45, 7) is 0.660. The second-order valence-corrected chi connectivity index (χ2v) is 7.86. The largest absolute Gasteiger partial charge is 0.496 e. The van der Waals surface area contributed by atoms with Crippen LogP contribution < -0.4 is 14.2 Å². The minimum absolute atomic E-state index is 0.205. The fourth-order valence-electron chi connectivity index (χ4n) is 3.21. The Kier molecular flexibility index (Phi) is 8.58. The zero-order valence-corrected chi connectivity index (χ0v) is 20.1. The zero-order valence-electron chi connectivity index (χ0n) is 18.5. The minimum atomic E-state index is -0.205. The molecular weight excluding hydrogens is 463 g/mol. The summed E-state index contributed by atoms with van der Waals surface area (Å²) < 4.78 is 16.1. The topological polar surface area (TPSA) is 60.9 Å². The molecule has 1 amide bonds. The normalized spacial score (nSPS) is 10.8. The molecule has 6 nitrogen and oxygen atoms in total. The maximum atomic E-state index is 13.2. The molecule has 2 aromatic carbocycles. The molecule has 0 aliphatic carbocycles. The third kappa shape index (κ3) is 6.40. The third-order valence-corrected chi connectivity index (χ3v) is 5.63. The van der Waals surface area contributed by atoms with Crippen molar-refractivity contribution in [2.45, 2.75) is 13.1 Å². The molecule has 0 N–H and O–H groups in total. The number of carbonyl (C=O) groups excluding carboxylic acids is 1. The number of aromatic nitrogens is 1. The van der Waals surface area contributed by atoms with Crippen molar-refractivity contribution in [3.8, 4) is 17.2 Å². The van der Waals surface area contributed by atoms with Crippen molar-refractivity contribution in [3.05, 3.63) is 87.7 Å². The Labute approximate surface area is 203 Å². The van der Waals surface area contributed by atoms with Gasteiger partial charge in [-0.25, -0.2) is 0 Å². The van der Waals surface area contributed by atoms with E-state index in [1.54, 1.807) is 62.8 Å². The third-order valence-electron chi connectivity index (χ3n) is 4.89. The monoisotopic (exact) mass is 486 g/mol. The van der Waals surface area contributed by atoms with Crippen molar-refractivity contribution in [3.63, 3.8) is 0 Å². The van der Waals surface area contributed by atoms with Crippen molar-refractivity contribution in [1.29, 1.82) is 0 Å². The maximum Gasteiger partial charge on any atom is 0.247 e. The predicted octanol–water partition coefficient (Wildman–Crippen LogP) is 5.66. The number of pyridine rings is 1. The van der Waals surface area contributed by atoms with Crippen LogP contribution in [0.2, 0.25) is 10.0 Å². The molecule has 3 rings (SSSR count). The number of halogens is 2. The summed E-state index contributed by atoms with van der Waals surface area (Å²) in [7, 11) is 4.65. The van der Waals surface area contributed by atoms with E-state index in [-0.39, 0.29) is 5.91 Å².